The Hall–Kier alpha value is -4.54. The van der Waals surface area contributed by atoms with Gasteiger partial charge in [0.2, 0.25) is 0 Å². The quantitative estimate of drug-likeness (QED) is 0.340. The number of nitrogens with one attached hydrogen (secondary N) is 1. The summed E-state index contributed by atoms with van der Waals surface area (Å²) in [6, 6.07) is 13.6. The molecular formula is C27H24F3N5O3. The van der Waals surface area contributed by atoms with Crippen molar-refractivity contribution in [2.75, 3.05) is 5.32 Å². The Kier molecular flexibility index (Phi) is 7.85. The zero-order chi connectivity index (χ0) is 27.3. The smallest absolute Gasteiger partial charge is 0.475 e. The number of carboxylic acids is 1. The number of aromatic nitrogens is 4. The number of anilines is 1. The molecule has 3 heterocycles. The van der Waals surface area contributed by atoms with Crippen LogP contribution in [0.1, 0.15) is 28.9 Å². The summed E-state index contributed by atoms with van der Waals surface area (Å²) < 4.78 is 33.8. The third kappa shape index (κ3) is 7.02. The minimum absolute atomic E-state index is 0.106. The lowest BCUT2D eigenvalue weighted by Crippen LogP contribution is -2.21. The summed E-state index contributed by atoms with van der Waals surface area (Å²) in [5.74, 6) is -1.58. The van der Waals surface area contributed by atoms with E-state index in [2.05, 4.69) is 24.8 Å². The lowest BCUT2D eigenvalue weighted by Gasteiger charge is -2.09. The Labute approximate surface area is 216 Å². The number of rotatable bonds is 6. The highest BCUT2D eigenvalue weighted by molar-refractivity contribution is 6.04. The molecule has 1 amide bonds. The number of nitrogens with zero attached hydrogens (tertiary/aromatic N) is 4. The van der Waals surface area contributed by atoms with E-state index in [4.69, 9.17) is 9.90 Å². The zero-order valence-electron chi connectivity index (χ0n) is 20.3. The fraction of sp³-hybridized carbons (Fsp3) is 0.222. The maximum Gasteiger partial charge on any atom is 0.490 e. The van der Waals surface area contributed by atoms with E-state index in [1.807, 2.05) is 55.6 Å². The summed E-state index contributed by atoms with van der Waals surface area (Å²) in [6.07, 6.45) is 6.46. The Morgan fingerprint density at radius 3 is 2.32 bits per heavy atom. The van der Waals surface area contributed by atoms with E-state index >= 15 is 0 Å². The summed E-state index contributed by atoms with van der Waals surface area (Å²) >= 11 is 0. The Balaban J connectivity index is 0.000000426. The van der Waals surface area contributed by atoms with Gasteiger partial charge in [0.25, 0.3) is 5.91 Å². The fourth-order valence-electron chi connectivity index (χ4n) is 3.63. The Bertz CT molecular complexity index is 1420. The molecule has 0 spiro atoms. The topological polar surface area (TPSA) is 110 Å². The molecule has 1 fully saturated rings. The zero-order valence-corrected chi connectivity index (χ0v) is 20.3. The van der Waals surface area contributed by atoms with Crippen molar-refractivity contribution in [3.63, 3.8) is 0 Å². The van der Waals surface area contributed by atoms with E-state index < -0.39 is 12.1 Å². The summed E-state index contributed by atoms with van der Waals surface area (Å²) in [5.41, 5.74) is 5.26. The fourth-order valence-corrected chi connectivity index (χ4v) is 3.63. The van der Waals surface area contributed by atoms with Crippen LogP contribution in [0.2, 0.25) is 0 Å². The summed E-state index contributed by atoms with van der Waals surface area (Å²) in [5, 5.41) is 10.2. The summed E-state index contributed by atoms with van der Waals surface area (Å²) in [6.45, 7) is 2.86. The van der Waals surface area contributed by atoms with Crippen molar-refractivity contribution in [1.82, 2.24) is 19.5 Å². The molecule has 38 heavy (non-hydrogen) atoms. The molecule has 5 rings (SSSR count). The average Bonchev–Trinajstić information content (AvgIpc) is 3.60. The molecule has 3 aromatic heterocycles. The standard InChI is InChI=1S/C25H23N5O.C2HF3O2/c1-17-4-2-6-22(10-17)29-25(31)23-11-20(16-30(23)15-18-7-8-18)21-13-27-24(28-14-21)19-5-3-9-26-12-19;3-2(4,5)1(6)7/h2-6,9-14,16,18H,7-8,15H2,1H3,(H,29,31);(H,6,7). The number of carboxylic acid groups (broad SMARTS) is 1. The Morgan fingerprint density at radius 2 is 1.74 bits per heavy atom. The number of pyridine rings is 1. The summed E-state index contributed by atoms with van der Waals surface area (Å²) in [7, 11) is 0. The number of aliphatic carboxylic acids is 1. The number of hydrogen-bond acceptors (Lipinski definition) is 5. The van der Waals surface area contributed by atoms with Gasteiger partial charge < -0.3 is 15.0 Å². The van der Waals surface area contributed by atoms with E-state index in [0.717, 1.165) is 34.5 Å². The maximum atomic E-state index is 13.1. The first-order chi connectivity index (χ1) is 18.1. The largest absolute Gasteiger partial charge is 0.490 e. The van der Waals surface area contributed by atoms with Gasteiger partial charge in [-0.05, 0) is 61.6 Å². The second-order valence-corrected chi connectivity index (χ2v) is 8.87. The third-order valence-electron chi connectivity index (χ3n) is 5.70. The predicted molar refractivity (Wildman–Crippen MR) is 134 cm³/mol. The molecule has 8 nitrogen and oxygen atoms in total. The minimum atomic E-state index is -5.08. The van der Waals surface area contributed by atoms with Crippen molar-refractivity contribution in [3.8, 4) is 22.5 Å². The van der Waals surface area contributed by atoms with Gasteiger partial charge in [-0.15, -0.1) is 0 Å². The number of aryl methyl sites for hydroxylation is 1. The van der Waals surface area contributed by atoms with Crippen molar-refractivity contribution in [1.29, 1.82) is 0 Å². The van der Waals surface area contributed by atoms with Gasteiger partial charge in [0.1, 0.15) is 5.69 Å². The molecule has 1 aliphatic carbocycles. The Morgan fingerprint density at radius 1 is 1.03 bits per heavy atom. The number of carbonyl (C=O) groups excluding carboxylic acids is 1. The van der Waals surface area contributed by atoms with Crippen LogP contribution in [0.5, 0.6) is 0 Å². The molecule has 4 aromatic rings. The number of carbonyl (C=O) groups is 2. The van der Waals surface area contributed by atoms with Crippen molar-refractivity contribution in [2.24, 2.45) is 5.92 Å². The molecule has 11 heteroatoms. The molecule has 0 bridgehead atoms. The predicted octanol–water partition coefficient (Wildman–Crippen LogP) is 5.61. The second kappa shape index (κ2) is 11.2. The summed E-state index contributed by atoms with van der Waals surface area (Å²) in [4.78, 5) is 35.1. The second-order valence-electron chi connectivity index (χ2n) is 8.87. The molecule has 196 valence electrons. The van der Waals surface area contributed by atoms with Crippen LogP contribution >= 0.6 is 0 Å². The molecule has 1 aromatic carbocycles. The monoisotopic (exact) mass is 523 g/mol. The highest BCUT2D eigenvalue weighted by atomic mass is 19.4. The van der Waals surface area contributed by atoms with Crippen LogP contribution in [0.3, 0.4) is 0 Å². The lowest BCUT2D eigenvalue weighted by molar-refractivity contribution is -0.192. The number of halogens is 3. The number of hydrogen-bond donors (Lipinski definition) is 2. The normalized spacial score (nSPS) is 12.8. The van der Waals surface area contributed by atoms with E-state index in [9.17, 15) is 18.0 Å². The SMILES string of the molecule is Cc1cccc(NC(=O)c2cc(-c3cnc(-c4cccnc4)nc3)cn2CC2CC2)c1.O=C(O)C(F)(F)F. The van der Waals surface area contributed by atoms with E-state index in [1.54, 1.807) is 24.8 Å². The van der Waals surface area contributed by atoms with E-state index in [1.165, 1.54) is 12.8 Å². The molecule has 0 atom stereocenters. The first-order valence-electron chi connectivity index (χ1n) is 11.7. The lowest BCUT2D eigenvalue weighted by atomic mass is 10.1. The van der Waals surface area contributed by atoms with Gasteiger partial charge in [-0.2, -0.15) is 13.2 Å². The van der Waals surface area contributed by atoms with Gasteiger partial charge in [-0.1, -0.05) is 12.1 Å². The van der Waals surface area contributed by atoms with Crippen LogP contribution in [0, 0.1) is 12.8 Å². The molecular weight excluding hydrogens is 499 g/mol. The number of amides is 1. The van der Waals surface area contributed by atoms with Crippen LogP contribution < -0.4 is 5.32 Å². The van der Waals surface area contributed by atoms with Crippen LogP contribution in [0.15, 0.2) is 73.4 Å². The van der Waals surface area contributed by atoms with E-state index in [-0.39, 0.29) is 5.91 Å². The molecule has 2 N–H and O–H groups in total. The van der Waals surface area contributed by atoms with Crippen LogP contribution in [-0.4, -0.2) is 42.7 Å². The van der Waals surface area contributed by atoms with Crippen LogP contribution in [-0.2, 0) is 11.3 Å². The molecule has 0 radical (unpaired) electrons. The third-order valence-corrected chi connectivity index (χ3v) is 5.70. The molecule has 1 saturated carbocycles. The van der Waals surface area contributed by atoms with Gasteiger partial charge >= 0.3 is 12.1 Å². The van der Waals surface area contributed by atoms with Crippen molar-refractivity contribution in [2.45, 2.75) is 32.5 Å². The maximum absolute atomic E-state index is 13.1. The molecule has 1 aliphatic rings. The first-order valence-corrected chi connectivity index (χ1v) is 11.7. The molecule has 0 saturated heterocycles. The van der Waals surface area contributed by atoms with Gasteiger partial charge in [0.15, 0.2) is 5.82 Å². The average molecular weight is 524 g/mol. The van der Waals surface area contributed by atoms with Gasteiger partial charge in [0, 0.05) is 59.9 Å². The van der Waals surface area contributed by atoms with Crippen LogP contribution in [0.25, 0.3) is 22.5 Å². The highest BCUT2D eigenvalue weighted by Crippen LogP contribution is 2.33. The van der Waals surface area contributed by atoms with Crippen molar-refractivity contribution >= 4 is 17.6 Å². The first kappa shape index (κ1) is 26.5. The molecule has 0 aliphatic heterocycles. The van der Waals surface area contributed by atoms with Gasteiger partial charge in [-0.3, -0.25) is 9.78 Å². The number of benzene rings is 1. The minimum Gasteiger partial charge on any atom is -0.475 e. The molecule has 0 unspecified atom stereocenters. The van der Waals surface area contributed by atoms with Gasteiger partial charge in [0.05, 0.1) is 0 Å². The van der Waals surface area contributed by atoms with Crippen LogP contribution in [0.4, 0.5) is 18.9 Å². The van der Waals surface area contributed by atoms with Gasteiger partial charge in [-0.25, -0.2) is 14.8 Å². The van der Waals surface area contributed by atoms with Crippen molar-refractivity contribution < 1.29 is 27.9 Å². The van der Waals surface area contributed by atoms with Crippen molar-refractivity contribution in [3.05, 3.63) is 84.7 Å². The van der Waals surface area contributed by atoms with E-state index in [0.29, 0.717) is 17.4 Å². The highest BCUT2D eigenvalue weighted by Gasteiger charge is 2.38. The number of alkyl halides is 3.